The first-order valence-electron chi connectivity index (χ1n) is 12.9. The lowest BCUT2D eigenvalue weighted by molar-refractivity contribution is 0.0154. The number of aliphatic imine (C=N–C) groups is 3. The van der Waals surface area contributed by atoms with Crippen molar-refractivity contribution in [1.82, 2.24) is 25.3 Å². The second-order valence-electron chi connectivity index (χ2n) is 10.4. The number of hydrogen-bond acceptors (Lipinski definition) is 7. The van der Waals surface area contributed by atoms with Crippen LogP contribution >= 0.6 is 0 Å². The Morgan fingerprint density at radius 3 is 2.73 bits per heavy atom. The number of amides is 1. The van der Waals surface area contributed by atoms with Crippen LogP contribution in [0.15, 0.2) is 58.1 Å². The Hall–Kier alpha value is -4.36. The number of aromatic amines is 1. The minimum absolute atomic E-state index is 0.0219. The van der Waals surface area contributed by atoms with Crippen molar-refractivity contribution in [1.29, 1.82) is 0 Å². The summed E-state index contributed by atoms with van der Waals surface area (Å²) in [6.07, 6.45) is 3.24. The number of likely N-dealkylation sites (N-methyl/N-ethyl adjacent to an activating group) is 1. The summed E-state index contributed by atoms with van der Waals surface area (Å²) in [6, 6.07) is 1.04. The van der Waals surface area contributed by atoms with Crippen molar-refractivity contribution in [2.24, 2.45) is 26.4 Å². The normalized spacial score (nSPS) is 18.2. The first-order chi connectivity index (χ1) is 18.7. The number of nitrogens with one attached hydrogen (secondary N) is 3. The van der Waals surface area contributed by atoms with Gasteiger partial charge in [-0.05, 0) is 53.5 Å². The van der Waals surface area contributed by atoms with Gasteiger partial charge in [0, 0.05) is 31.9 Å². The van der Waals surface area contributed by atoms with Crippen LogP contribution in [-0.2, 0) is 4.74 Å². The van der Waals surface area contributed by atoms with Crippen LogP contribution in [0.2, 0.25) is 0 Å². The van der Waals surface area contributed by atoms with Gasteiger partial charge in [0.15, 0.2) is 11.8 Å². The lowest BCUT2D eigenvalue weighted by Crippen LogP contribution is -2.49. The molecular formula is C26H42FN11O2. The van der Waals surface area contributed by atoms with E-state index in [-0.39, 0.29) is 29.9 Å². The number of likely N-dealkylation sites (tertiary alicyclic amines) is 1. The molecule has 220 valence electrons. The molecular weight excluding hydrogens is 517 g/mol. The molecule has 1 aromatic rings. The van der Waals surface area contributed by atoms with Crippen LogP contribution in [0, 0.1) is 6.92 Å². The zero-order valence-corrected chi connectivity index (χ0v) is 24.2. The highest BCUT2D eigenvalue weighted by Crippen LogP contribution is 2.21. The van der Waals surface area contributed by atoms with Gasteiger partial charge in [-0.1, -0.05) is 13.2 Å². The monoisotopic (exact) mass is 559 g/mol. The Morgan fingerprint density at radius 2 is 2.12 bits per heavy atom. The number of rotatable bonds is 8. The van der Waals surface area contributed by atoms with E-state index in [1.54, 1.807) is 24.9 Å². The van der Waals surface area contributed by atoms with E-state index in [9.17, 15) is 9.18 Å². The molecule has 2 unspecified atom stereocenters. The molecule has 1 amide bonds. The molecule has 1 saturated heterocycles. The van der Waals surface area contributed by atoms with Crippen molar-refractivity contribution in [3.8, 4) is 0 Å². The van der Waals surface area contributed by atoms with Gasteiger partial charge in [-0.15, -0.1) is 0 Å². The lowest BCUT2D eigenvalue weighted by atomic mass is 10.0. The molecule has 40 heavy (non-hydrogen) atoms. The van der Waals surface area contributed by atoms with E-state index in [4.69, 9.17) is 16.2 Å². The van der Waals surface area contributed by atoms with Gasteiger partial charge in [0.25, 0.3) is 0 Å². The molecule has 1 aliphatic heterocycles. The van der Waals surface area contributed by atoms with Gasteiger partial charge in [0.2, 0.25) is 5.96 Å². The summed E-state index contributed by atoms with van der Waals surface area (Å²) in [4.78, 5) is 28.9. The number of amidine groups is 1. The van der Waals surface area contributed by atoms with E-state index in [1.165, 1.54) is 0 Å². The molecule has 1 fully saturated rings. The first-order valence-corrected chi connectivity index (χ1v) is 12.9. The van der Waals surface area contributed by atoms with Crippen molar-refractivity contribution in [3.05, 3.63) is 48.8 Å². The number of H-pyrrole nitrogens is 1. The van der Waals surface area contributed by atoms with E-state index in [1.807, 2.05) is 32.6 Å². The Kier molecular flexibility index (Phi) is 11.3. The maximum absolute atomic E-state index is 13.3. The summed E-state index contributed by atoms with van der Waals surface area (Å²) in [5.41, 5.74) is 12.3. The minimum atomic E-state index is -0.662. The highest BCUT2D eigenvalue weighted by Gasteiger charge is 2.29. The quantitative estimate of drug-likeness (QED) is 0.183. The molecule has 1 aromatic heterocycles. The number of carbonyl (C=O) groups excluding carboxylic acids is 1. The number of aryl methyl sites for hydroxylation is 1. The number of ether oxygens (including phenoxy) is 1. The van der Waals surface area contributed by atoms with Crippen molar-refractivity contribution in [2.75, 3.05) is 25.5 Å². The number of guanidine groups is 2. The van der Waals surface area contributed by atoms with Crippen LogP contribution in [0.25, 0.3) is 0 Å². The largest absolute Gasteiger partial charge is 0.444 e. The molecule has 0 aromatic carbocycles. The topological polar surface area (TPSA) is 175 Å². The molecule has 2 rings (SSSR count). The number of nitrogens with zero attached hydrogens (tertiary/aromatic N) is 6. The molecule has 14 heteroatoms. The van der Waals surface area contributed by atoms with E-state index in [2.05, 4.69) is 49.0 Å². The number of nitrogens with two attached hydrogens (primary N) is 2. The summed E-state index contributed by atoms with van der Waals surface area (Å²) in [6.45, 7) is 17.7. The van der Waals surface area contributed by atoms with E-state index >= 15 is 0 Å². The smallest absolute Gasteiger partial charge is 0.410 e. The molecule has 0 saturated carbocycles. The maximum atomic E-state index is 13.3. The summed E-state index contributed by atoms with van der Waals surface area (Å²) < 4.78 is 18.8. The van der Waals surface area contributed by atoms with Gasteiger partial charge in [-0.25, -0.2) is 19.2 Å². The number of allylic oxidation sites excluding steroid dienone is 2. The Bertz CT molecular complexity index is 1180. The standard InChI is InChI=1S/C26H42FN11O2/c1-9-19(27)14-30-22(28)17(3)31-23(29)34-24(33-21-13-16(2)35-36-21)32-18(4)38-12-10-11-20(15-38)37(8)25(39)40-26(5,6)7/h9,13-14,17,20H,1,4,10-12,15H2,2-3,5-8H3,(H2,28,30)(H5,29,31,32,33,34,35,36)/b19-14+. The number of hydrogen-bond donors (Lipinski definition) is 5. The number of carbonyl (C=O) groups is 1. The van der Waals surface area contributed by atoms with Crippen LogP contribution < -0.4 is 22.1 Å². The van der Waals surface area contributed by atoms with Crippen LogP contribution in [0.5, 0.6) is 0 Å². The molecule has 2 atom stereocenters. The highest BCUT2D eigenvalue weighted by molar-refractivity contribution is 6.05. The molecule has 13 nitrogen and oxygen atoms in total. The Morgan fingerprint density at radius 1 is 1.43 bits per heavy atom. The summed E-state index contributed by atoms with van der Waals surface area (Å²) in [5.74, 6) is 0.538. The summed E-state index contributed by atoms with van der Waals surface area (Å²) >= 11 is 0. The summed E-state index contributed by atoms with van der Waals surface area (Å²) in [7, 11) is 1.73. The lowest BCUT2D eigenvalue weighted by Gasteiger charge is -2.38. The zero-order valence-electron chi connectivity index (χ0n) is 24.2. The highest BCUT2D eigenvalue weighted by atomic mass is 19.1. The fraction of sp³-hybridized carbons (Fsp3) is 0.500. The third-order valence-electron chi connectivity index (χ3n) is 5.72. The first kappa shape index (κ1) is 31.9. The van der Waals surface area contributed by atoms with Crippen molar-refractivity contribution in [2.45, 2.75) is 65.1 Å². The number of halogens is 1. The zero-order chi connectivity index (χ0) is 30.0. The summed E-state index contributed by atoms with van der Waals surface area (Å²) in [5, 5.41) is 13.0. The second-order valence-corrected chi connectivity index (χ2v) is 10.4. The number of aromatic nitrogens is 2. The minimum Gasteiger partial charge on any atom is -0.444 e. The molecule has 7 N–H and O–H groups in total. The van der Waals surface area contributed by atoms with Gasteiger partial charge in [-0.3, -0.25) is 10.4 Å². The maximum Gasteiger partial charge on any atom is 0.410 e. The molecule has 0 spiro atoms. The van der Waals surface area contributed by atoms with Crippen molar-refractivity contribution < 1.29 is 13.9 Å². The number of anilines is 1. The fourth-order valence-corrected chi connectivity index (χ4v) is 3.60. The van der Waals surface area contributed by atoms with Gasteiger partial charge in [-0.2, -0.15) is 10.1 Å². The van der Waals surface area contributed by atoms with E-state index in [0.717, 1.165) is 30.8 Å². The Balaban J connectivity index is 2.21. The predicted molar refractivity (Wildman–Crippen MR) is 157 cm³/mol. The van der Waals surface area contributed by atoms with Gasteiger partial charge in [0.05, 0.1) is 12.2 Å². The second kappa shape index (κ2) is 14.1. The third-order valence-corrected chi connectivity index (χ3v) is 5.72. The fourth-order valence-electron chi connectivity index (χ4n) is 3.60. The van der Waals surface area contributed by atoms with Crippen molar-refractivity contribution in [3.63, 3.8) is 0 Å². The van der Waals surface area contributed by atoms with E-state index < -0.39 is 17.5 Å². The molecule has 0 aliphatic carbocycles. The molecule has 1 aliphatic rings. The van der Waals surface area contributed by atoms with Crippen LogP contribution in [0.3, 0.4) is 0 Å². The van der Waals surface area contributed by atoms with Crippen LogP contribution in [0.1, 0.15) is 46.2 Å². The molecule has 2 heterocycles. The molecule has 0 bridgehead atoms. The third kappa shape index (κ3) is 10.4. The van der Waals surface area contributed by atoms with Gasteiger partial charge >= 0.3 is 6.09 Å². The average Bonchev–Trinajstić information content (AvgIpc) is 3.29. The van der Waals surface area contributed by atoms with Crippen LogP contribution in [-0.4, -0.2) is 81.7 Å². The van der Waals surface area contributed by atoms with Crippen LogP contribution in [0.4, 0.5) is 15.0 Å². The van der Waals surface area contributed by atoms with Gasteiger partial charge in [0.1, 0.15) is 29.1 Å². The molecule has 0 radical (unpaired) electrons. The van der Waals surface area contributed by atoms with Gasteiger partial charge < -0.3 is 31.3 Å². The number of piperidine rings is 1. The Labute approximate surface area is 235 Å². The average molecular weight is 560 g/mol. The van der Waals surface area contributed by atoms with Crippen molar-refractivity contribution >= 4 is 29.7 Å². The predicted octanol–water partition coefficient (Wildman–Crippen LogP) is 2.94. The SMILES string of the molecule is C=C/C(F)=C\N=C(N)C(C)N=C(N)NC(=NC(=C)N1CCCC(N(C)C(=O)OC(C)(C)C)C1)Nc1cc(C)[nH]n1. The van der Waals surface area contributed by atoms with E-state index in [0.29, 0.717) is 24.7 Å².